The molecule has 1 atom stereocenters. The highest BCUT2D eigenvalue weighted by Crippen LogP contribution is 2.32. The van der Waals surface area contributed by atoms with Crippen molar-refractivity contribution < 1.29 is 9.59 Å². The van der Waals surface area contributed by atoms with Crippen molar-refractivity contribution in [2.45, 2.75) is 18.9 Å². The number of nitriles is 1. The Kier molecular flexibility index (Phi) is 7.32. The third-order valence-electron chi connectivity index (χ3n) is 5.65. The first-order valence-electron chi connectivity index (χ1n) is 11.1. The van der Waals surface area contributed by atoms with Gasteiger partial charge in [0.1, 0.15) is 17.1 Å². The van der Waals surface area contributed by atoms with E-state index < -0.39 is 0 Å². The summed E-state index contributed by atoms with van der Waals surface area (Å²) in [5.41, 5.74) is 8.21. The fraction of sp³-hybridized carbons (Fsp3) is 0.160. The SMILES string of the molecule is C=CC(=O)Nc1ccccc1Nc1nc(Nc2ccc(N3CCC[C@@H]3C(N)=O)cc2C#N)ncc1Cl. The normalized spacial score (nSPS) is 14.6. The average molecular weight is 503 g/mol. The summed E-state index contributed by atoms with van der Waals surface area (Å²) in [6, 6.07) is 14.1. The predicted octanol–water partition coefficient (Wildman–Crippen LogP) is 4.07. The van der Waals surface area contributed by atoms with Gasteiger partial charge in [-0.1, -0.05) is 30.3 Å². The van der Waals surface area contributed by atoms with Gasteiger partial charge in [-0.25, -0.2) is 4.98 Å². The number of nitrogens with one attached hydrogen (secondary N) is 3. The van der Waals surface area contributed by atoms with Gasteiger partial charge < -0.3 is 26.6 Å². The Morgan fingerprint density at radius 1 is 1.19 bits per heavy atom. The van der Waals surface area contributed by atoms with Crippen LogP contribution in [0.25, 0.3) is 0 Å². The third kappa shape index (κ3) is 5.37. The van der Waals surface area contributed by atoms with Crippen LogP contribution in [0.3, 0.4) is 0 Å². The van der Waals surface area contributed by atoms with Gasteiger partial charge in [0.25, 0.3) is 0 Å². The monoisotopic (exact) mass is 502 g/mol. The summed E-state index contributed by atoms with van der Waals surface area (Å²) in [6.45, 7) is 4.15. The number of hydrogen-bond acceptors (Lipinski definition) is 8. The number of nitrogens with zero attached hydrogens (tertiary/aromatic N) is 4. The zero-order valence-electron chi connectivity index (χ0n) is 19.2. The highest BCUT2D eigenvalue weighted by molar-refractivity contribution is 6.33. The van der Waals surface area contributed by atoms with E-state index in [2.05, 4.69) is 38.6 Å². The number of aromatic nitrogens is 2. The van der Waals surface area contributed by atoms with Crippen LogP contribution in [0.2, 0.25) is 5.02 Å². The molecule has 0 saturated carbocycles. The van der Waals surface area contributed by atoms with Crippen LogP contribution in [-0.4, -0.2) is 34.4 Å². The first kappa shape index (κ1) is 24.5. The molecule has 0 aliphatic carbocycles. The Bertz CT molecular complexity index is 1370. The van der Waals surface area contributed by atoms with Crippen molar-refractivity contribution in [3.8, 4) is 6.07 Å². The van der Waals surface area contributed by atoms with E-state index >= 15 is 0 Å². The molecule has 2 aromatic carbocycles. The molecule has 1 fully saturated rings. The molecule has 3 aromatic rings. The van der Waals surface area contributed by atoms with Crippen molar-refractivity contribution in [1.82, 2.24) is 9.97 Å². The zero-order valence-corrected chi connectivity index (χ0v) is 19.9. The van der Waals surface area contributed by atoms with E-state index in [9.17, 15) is 14.9 Å². The number of anilines is 6. The van der Waals surface area contributed by atoms with Crippen molar-refractivity contribution in [2.75, 3.05) is 27.4 Å². The summed E-state index contributed by atoms with van der Waals surface area (Å²) >= 11 is 6.31. The molecule has 5 N–H and O–H groups in total. The molecule has 2 amide bonds. The number of rotatable bonds is 8. The number of nitrogens with two attached hydrogens (primary N) is 1. The lowest BCUT2D eigenvalue weighted by molar-refractivity contribution is -0.119. The molecule has 1 aromatic heterocycles. The molecule has 36 heavy (non-hydrogen) atoms. The Morgan fingerprint density at radius 2 is 1.97 bits per heavy atom. The molecular weight excluding hydrogens is 480 g/mol. The molecule has 1 aliphatic rings. The van der Waals surface area contributed by atoms with Crippen LogP contribution in [-0.2, 0) is 9.59 Å². The third-order valence-corrected chi connectivity index (χ3v) is 5.93. The number of carbonyl (C=O) groups excluding carboxylic acids is 2. The van der Waals surface area contributed by atoms with Gasteiger partial charge in [-0.2, -0.15) is 10.2 Å². The fourth-order valence-electron chi connectivity index (χ4n) is 3.93. The zero-order chi connectivity index (χ0) is 25.7. The van der Waals surface area contributed by atoms with Crippen molar-refractivity contribution in [3.63, 3.8) is 0 Å². The largest absolute Gasteiger partial charge is 0.368 e. The van der Waals surface area contributed by atoms with Gasteiger partial charge in [-0.05, 0) is 49.2 Å². The van der Waals surface area contributed by atoms with Gasteiger partial charge in [0, 0.05) is 12.2 Å². The Morgan fingerprint density at radius 3 is 2.69 bits per heavy atom. The van der Waals surface area contributed by atoms with Crippen LogP contribution in [0.4, 0.5) is 34.5 Å². The second-order valence-corrected chi connectivity index (χ2v) is 8.38. The number of carbonyl (C=O) groups is 2. The van der Waals surface area contributed by atoms with Crippen molar-refractivity contribution >= 4 is 57.9 Å². The Hall–Kier alpha value is -4.62. The molecule has 0 unspecified atom stereocenters. The molecule has 0 bridgehead atoms. The van der Waals surface area contributed by atoms with E-state index in [0.717, 1.165) is 12.1 Å². The van der Waals surface area contributed by atoms with Crippen LogP contribution in [0.1, 0.15) is 18.4 Å². The highest BCUT2D eigenvalue weighted by atomic mass is 35.5. The van der Waals surface area contributed by atoms with E-state index in [0.29, 0.717) is 41.4 Å². The van der Waals surface area contributed by atoms with Crippen LogP contribution in [0.5, 0.6) is 0 Å². The molecular formula is C25H23ClN8O2. The average Bonchev–Trinajstić information content (AvgIpc) is 3.38. The quantitative estimate of drug-likeness (QED) is 0.337. The molecule has 0 spiro atoms. The van der Waals surface area contributed by atoms with Crippen molar-refractivity contribution in [3.05, 3.63) is 71.9 Å². The van der Waals surface area contributed by atoms with Crippen molar-refractivity contribution in [2.24, 2.45) is 5.73 Å². The summed E-state index contributed by atoms with van der Waals surface area (Å²) < 4.78 is 0. The van der Waals surface area contributed by atoms with Gasteiger partial charge in [0.05, 0.1) is 28.8 Å². The van der Waals surface area contributed by atoms with Crippen LogP contribution >= 0.6 is 11.6 Å². The molecule has 182 valence electrons. The number of para-hydroxylation sites is 2. The molecule has 4 rings (SSSR count). The lowest BCUT2D eigenvalue weighted by Crippen LogP contribution is -2.40. The number of primary amides is 1. The van der Waals surface area contributed by atoms with E-state index in [1.807, 2.05) is 11.0 Å². The standard InChI is InChI=1S/C25H23ClN8O2/c1-2-22(35)30-19-6-3-4-7-20(19)31-24-17(26)14-29-25(33-24)32-18-10-9-16(12-15(18)13-27)34-11-5-8-21(34)23(28)36/h2-4,6-7,9-10,12,14,21H,1,5,8,11H2,(H2,28,36)(H,30,35)(H2,29,31,32,33)/t21-/m1/s1. The van der Waals surface area contributed by atoms with Crippen LogP contribution in [0.15, 0.2) is 61.3 Å². The second kappa shape index (κ2) is 10.8. The summed E-state index contributed by atoms with van der Waals surface area (Å²) in [5, 5.41) is 18.9. The molecule has 1 aliphatic heterocycles. The topological polar surface area (TPSA) is 149 Å². The van der Waals surface area contributed by atoms with Gasteiger partial charge >= 0.3 is 0 Å². The minimum Gasteiger partial charge on any atom is -0.368 e. The molecule has 0 radical (unpaired) electrons. The van der Waals surface area contributed by atoms with Gasteiger partial charge in [-0.3, -0.25) is 9.59 Å². The van der Waals surface area contributed by atoms with Crippen LogP contribution in [0, 0.1) is 11.3 Å². The van der Waals surface area contributed by atoms with Gasteiger partial charge in [-0.15, -0.1) is 0 Å². The second-order valence-electron chi connectivity index (χ2n) is 7.97. The molecule has 10 nitrogen and oxygen atoms in total. The van der Waals surface area contributed by atoms with Crippen molar-refractivity contribution in [1.29, 1.82) is 5.26 Å². The smallest absolute Gasteiger partial charge is 0.247 e. The first-order valence-corrected chi connectivity index (χ1v) is 11.5. The highest BCUT2D eigenvalue weighted by Gasteiger charge is 2.29. The number of halogens is 1. The van der Waals surface area contributed by atoms with Gasteiger partial charge in [0.15, 0.2) is 5.82 Å². The first-order chi connectivity index (χ1) is 17.4. The minimum absolute atomic E-state index is 0.204. The van der Waals surface area contributed by atoms with E-state index in [4.69, 9.17) is 17.3 Å². The number of hydrogen-bond donors (Lipinski definition) is 4. The Labute approximate surface area is 212 Å². The Balaban J connectivity index is 1.57. The lowest BCUT2D eigenvalue weighted by atomic mass is 10.1. The fourth-order valence-corrected chi connectivity index (χ4v) is 4.07. The maximum absolute atomic E-state index is 11.8. The van der Waals surface area contributed by atoms with Gasteiger partial charge in [0.2, 0.25) is 17.8 Å². The number of benzene rings is 2. The summed E-state index contributed by atoms with van der Waals surface area (Å²) in [5.74, 6) is -0.238. The summed E-state index contributed by atoms with van der Waals surface area (Å²) in [4.78, 5) is 34.1. The summed E-state index contributed by atoms with van der Waals surface area (Å²) in [7, 11) is 0. The van der Waals surface area contributed by atoms with Crippen LogP contribution < -0.4 is 26.6 Å². The number of amides is 2. The summed E-state index contributed by atoms with van der Waals surface area (Å²) in [6.07, 6.45) is 4.13. The van der Waals surface area contributed by atoms with E-state index in [-0.39, 0.29) is 28.8 Å². The molecule has 1 saturated heterocycles. The minimum atomic E-state index is -0.386. The lowest BCUT2D eigenvalue weighted by Gasteiger charge is -2.25. The maximum atomic E-state index is 11.8. The van der Waals surface area contributed by atoms with E-state index in [1.165, 1.54) is 12.3 Å². The molecule has 2 heterocycles. The molecule has 11 heteroatoms. The maximum Gasteiger partial charge on any atom is 0.247 e. The van der Waals surface area contributed by atoms with E-state index in [1.54, 1.807) is 36.4 Å². The predicted molar refractivity (Wildman–Crippen MR) is 140 cm³/mol.